The van der Waals surface area contributed by atoms with E-state index in [1.807, 2.05) is 13.8 Å². The molecule has 0 aliphatic rings. The summed E-state index contributed by atoms with van der Waals surface area (Å²) in [7, 11) is -2.17. The fourth-order valence-electron chi connectivity index (χ4n) is 2.74. The van der Waals surface area contributed by atoms with Gasteiger partial charge in [-0.05, 0) is 62.4 Å². The maximum absolute atomic E-state index is 12.4. The van der Waals surface area contributed by atoms with Crippen LogP contribution in [0.25, 0.3) is 0 Å². The Kier molecular flexibility index (Phi) is 8.52. The maximum atomic E-state index is 12.4. The Labute approximate surface area is 177 Å². The van der Waals surface area contributed by atoms with Crippen molar-refractivity contribution in [2.75, 3.05) is 38.7 Å². The molecule has 0 heterocycles. The van der Waals surface area contributed by atoms with E-state index in [9.17, 15) is 18.0 Å². The molecule has 30 heavy (non-hydrogen) atoms. The summed E-state index contributed by atoms with van der Waals surface area (Å²) in [5.74, 6) is -0.442. The number of hydrogen-bond donors (Lipinski definition) is 2. The van der Waals surface area contributed by atoms with Gasteiger partial charge < -0.3 is 15.0 Å². The molecule has 0 saturated heterocycles. The molecule has 2 aromatic carbocycles. The fourth-order valence-corrected chi connectivity index (χ4v) is 3.75. The Morgan fingerprint density at radius 3 is 2.03 bits per heavy atom. The van der Waals surface area contributed by atoms with Crippen molar-refractivity contribution in [3.8, 4) is 0 Å². The van der Waals surface area contributed by atoms with Crippen molar-refractivity contribution >= 4 is 27.5 Å². The SMILES string of the molecule is CCN(CC)C(=O)c1ccc(NC(=O)c2ccc(S(=O)(=O)NCCOC)cc2)cc1. The first kappa shape index (κ1) is 23.5. The molecule has 2 N–H and O–H groups in total. The molecule has 0 aliphatic carbocycles. The highest BCUT2D eigenvalue weighted by Crippen LogP contribution is 2.15. The highest BCUT2D eigenvalue weighted by Gasteiger charge is 2.15. The van der Waals surface area contributed by atoms with Gasteiger partial charge in [0.25, 0.3) is 11.8 Å². The van der Waals surface area contributed by atoms with Crippen molar-refractivity contribution in [2.24, 2.45) is 0 Å². The number of rotatable bonds is 10. The number of nitrogens with one attached hydrogen (secondary N) is 2. The number of ether oxygens (including phenoxy) is 1. The number of methoxy groups -OCH3 is 1. The van der Waals surface area contributed by atoms with E-state index in [4.69, 9.17) is 4.74 Å². The second-order valence-corrected chi connectivity index (χ2v) is 8.19. The van der Waals surface area contributed by atoms with E-state index in [2.05, 4.69) is 10.0 Å². The van der Waals surface area contributed by atoms with Crippen molar-refractivity contribution in [3.05, 3.63) is 59.7 Å². The molecule has 9 heteroatoms. The third-order valence-corrected chi connectivity index (χ3v) is 5.94. The molecule has 162 valence electrons. The Hall–Kier alpha value is -2.75. The predicted octanol–water partition coefficient (Wildman–Crippen LogP) is 2.35. The van der Waals surface area contributed by atoms with Crippen molar-refractivity contribution in [1.29, 1.82) is 0 Å². The molecule has 0 radical (unpaired) electrons. The number of amides is 2. The molecule has 0 spiro atoms. The normalized spacial score (nSPS) is 11.2. The van der Waals surface area contributed by atoms with Crippen LogP contribution in [0.1, 0.15) is 34.6 Å². The lowest BCUT2D eigenvalue weighted by Crippen LogP contribution is -2.30. The largest absolute Gasteiger partial charge is 0.383 e. The minimum absolute atomic E-state index is 0.0613. The molecular formula is C21H27N3O5S. The molecule has 2 aromatic rings. The molecule has 0 aliphatic heterocycles. The van der Waals surface area contributed by atoms with Crippen molar-refractivity contribution in [1.82, 2.24) is 9.62 Å². The predicted molar refractivity (Wildman–Crippen MR) is 115 cm³/mol. The van der Waals surface area contributed by atoms with E-state index < -0.39 is 10.0 Å². The van der Waals surface area contributed by atoms with Crippen LogP contribution in [-0.4, -0.2) is 58.5 Å². The monoisotopic (exact) mass is 433 g/mol. The van der Waals surface area contributed by atoms with Gasteiger partial charge in [0.1, 0.15) is 0 Å². The smallest absolute Gasteiger partial charge is 0.255 e. The van der Waals surface area contributed by atoms with Gasteiger partial charge in [-0.25, -0.2) is 13.1 Å². The lowest BCUT2D eigenvalue weighted by molar-refractivity contribution is 0.0773. The molecular weight excluding hydrogens is 406 g/mol. The molecule has 2 amide bonds. The molecule has 8 nitrogen and oxygen atoms in total. The van der Waals surface area contributed by atoms with Gasteiger partial charge in [0.2, 0.25) is 10.0 Å². The second-order valence-electron chi connectivity index (χ2n) is 6.42. The van der Waals surface area contributed by atoms with Crippen LogP contribution in [0.4, 0.5) is 5.69 Å². The van der Waals surface area contributed by atoms with E-state index in [0.29, 0.717) is 29.9 Å². The molecule has 2 rings (SSSR count). The summed E-state index contributed by atoms with van der Waals surface area (Å²) >= 11 is 0. The molecule has 0 unspecified atom stereocenters. The number of carbonyl (C=O) groups excluding carboxylic acids is 2. The Balaban J connectivity index is 2.03. The van der Waals surface area contributed by atoms with Crippen LogP contribution in [0.15, 0.2) is 53.4 Å². The van der Waals surface area contributed by atoms with E-state index in [1.165, 1.54) is 31.4 Å². The molecule has 0 atom stereocenters. The third kappa shape index (κ3) is 6.12. The fraction of sp³-hybridized carbons (Fsp3) is 0.333. The van der Waals surface area contributed by atoms with Gasteiger partial charge in [0, 0.05) is 43.6 Å². The van der Waals surface area contributed by atoms with Crippen LogP contribution in [0.2, 0.25) is 0 Å². The van der Waals surface area contributed by atoms with Gasteiger partial charge in [-0.15, -0.1) is 0 Å². The maximum Gasteiger partial charge on any atom is 0.255 e. The minimum Gasteiger partial charge on any atom is -0.383 e. The van der Waals surface area contributed by atoms with E-state index in [1.54, 1.807) is 29.2 Å². The Morgan fingerprint density at radius 1 is 0.933 bits per heavy atom. The number of anilines is 1. The van der Waals surface area contributed by atoms with Crippen LogP contribution in [0.3, 0.4) is 0 Å². The summed E-state index contributed by atoms with van der Waals surface area (Å²) in [5, 5.41) is 2.74. The lowest BCUT2D eigenvalue weighted by atomic mass is 10.1. The van der Waals surface area contributed by atoms with E-state index in [-0.39, 0.29) is 29.9 Å². The number of hydrogen-bond acceptors (Lipinski definition) is 5. The average molecular weight is 434 g/mol. The van der Waals surface area contributed by atoms with Crippen LogP contribution in [-0.2, 0) is 14.8 Å². The van der Waals surface area contributed by atoms with Crippen molar-refractivity contribution in [2.45, 2.75) is 18.7 Å². The molecule has 0 aromatic heterocycles. The standard InChI is InChI=1S/C21H27N3O5S/c1-4-24(5-2)21(26)17-6-10-18(11-7-17)23-20(25)16-8-12-19(13-9-16)30(27,28)22-14-15-29-3/h6-13,22H,4-5,14-15H2,1-3H3,(H,23,25). The quantitative estimate of drug-likeness (QED) is 0.560. The zero-order valence-corrected chi connectivity index (χ0v) is 18.2. The van der Waals surface area contributed by atoms with Crippen LogP contribution >= 0.6 is 0 Å². The van der Waals surface area contributed by atoms with Crippen LogP contribution in [0.5, 0.6) is 0 Å². The van der Waals surface area contributed by atoms with Gasteiger partial charge >= 0.3 is 0 Å². The summed E-state index contributed by atoms with van der Waals surface area (Å²) in [5.41, 5.74) is 1.40. The number of benzene rings is 2. The Morgan fingerprint density at radius 2 is 1.50 bits per heavy atom. The van der Waals surface area contributed by atoms with Gasteiger partial charge in [0.15, 0.2) is 0 Å². The van der Waals surface area contributed by atoms with Crippen LogP contribution in [0, 0.1) is 0 Å². The van der Waals surface area contributed by atoms with Gasteiger partial charge in [-0.3, -0.25) is 9.59 Å². The van der Waals surface area contributed by atoms with Crippen LogP contribution < -0.4 is 10.0 Å². The zero-order chi connectivity index (χ0) is 22.1. The minimum atomic E-state index is -3.66. The Bertz CT molecular complexity index is 953. The van der Waals surface area contributed by atoms with E-state index in [0.717, 1.165) is 0 Å². The summed E-state index contributed by atoms with van der Waals surface area (Å²) in [6.07, 6.45) is 0. The van der Waals surface area contributed by atoms with Crippen molar-refractivity contribution in [3.63, 3.8) is 0 Å². The highest BCUT2D eigenvalue weighted by molar-refractivity contribution is 7.89. The lowest BCUT2D eigenvalue weighted by Gasteiger charge is -2.18. The van der Waals surface area contributed by atoms with Gasteiger partial charge in [-0.2, -0.15) is 0 Å². The third-order valence-electron chi connectivity index (χ3n) is 4.47. The molecule has 0 fully saturated rings. The molecule has 0 saturated carbocycles. The average Bonchev–Trinajstić information content (AvgIpc) is 2.75. The first-order valence-corrected chi connectivity index (χ1v) is 11.1. The first-order chi connectivity index (χ1) is 14.3. The van der Waals surface area contributed by atoms with E-state index >= 15 is 0 Å². The zero-order valence-electron chi connectivity index (χ0n) is 17.3. The number of nitrogens with zero attached hydrogens (tertiary/aromatic N) is 1. The highest BCUT2D eigenvalue weighted by atomic mass is 32.2. The topological polar surface area (TPSA) is 105 Å². The first-order valence-electron chi connectivity index (χ1n) is 9.61. The number of sulfonamides is 1. The summed E-state index contributed by atoms with van der Waals surface area (Å²) < 4.78 is 31.6. The molecule has 0 bridgehead atoms. The van der Waals surface area contributed by atoms with Gasteiger partial charge in [0.05, 0.1) is 11.5 Å². The van der Waals surface area contributed by atoms with Gasteiger partial charge in [-0.1, -0.05) is 0 Å². The van der Waals surface area contributed by atoms with Crippen molar-refractivity contribution < 1.29 is 22.7 Å². The summed E-state index contributed by atoms with van der Waals surface area (Å²) in [6.45, 7) is 5.51. The second kappa shape index (κ2) is 10.9. The summed E-state index contributed by atoms with van der Waals surface area (Å²) in [6, 6.07) is 12.3. The summed E-state index contributed by atoms with van der Waals surface area (Å²) in [4.78, 5) is 26.6. The number of carbonyl (C=O) groups is 2.